The van der Waals surface area contributed by atoms with E-state index in [1.807, 2.05) is 0 Å². The average molecular weight is 236 g/mol. The molecule has 1 unspecified atom stereocenters. The zero-order chi connectivity index (χ0) is 9.97. The number of carbonyl (C=O) groups excluding carboxylic acids is 1. The first-order chi connectivity index (χ1) is 6.81. The molecule has 6 heteroatoms. The molecule has 15 heavy (non-hydrogen) atoms. The smallest absolute Gasteiger partial charge is 0.226 e. The molecule has 0 aliphatic carbocycles. The van der Waals surface area contributed by atoms with Gasteiger partial charge in [0.25, 0.3) is 0 Å². The lowest BCUT2D eigenvalue weighted by atomic mass is 10.0. The van der Waals surface area contributed by atoms with Crippen LogP contribution in [0.5, 0.6) is 0 Å². The van der Waals surface area contributed by atoms with Crippen LogP contribution in [0.25, 0.3) is 0 Å². The van der Waals surface area contributed by atoms with E-state index in [2.05, 4.69) is 16.0 Å². The number of hydrogen-bond donors (Lipinski definition) is 3. The van der Waals surface area contributed by atoms with Crippen molar-refractivity contribution in [2.24, 2.45) is 5.92 Å². The first kappa shape index (κ1) is 12.7. The Bertz CT molecular complexity index is 223. The molecule has 0 saturated carbocycles. The van der Waals surface area contributed by atoms with E-state index in [0.717, 1.165) is 26.2 Å². The summed E-state index contributed by atoms with van der Waals surface area (Å²) in [6.45, 7) is 3.25. The summed E-state index contributed by atoms with van der Waals surface area (Å²) in [4.78, 5) is 11.6. The zero-order valence-corrected chi connectivity index (χ0v) is 9.60. The van der Waals surface area contributed by atoms with Crippen molar-refractivity contribution in [2.45, 2.75) is 12.1 Å². The fourth-order valence-electron chi connectivity index (χ4n) is 1.82. The third kappa shape index (κ3) is 2.81. The number of ether oxygens (including phenoxy) is 1. The maximum Gasteiger partial charge on any atom is 0.226 e. The maximum absolute atomic E-state index is 11.6. The Morgan fingerprint density at radius 1 is 1.27 bits per heavy atom. The minimum atomic E-state index is 0. The SMILES string of the molecule is CO[C@H]1CNCC1NC(=O)C1CNC1.Cl. The molecular weight excluding hydrogens is 218 g/mol. The summed E-state index contributed by atoms with van der Waals surface area (Å²) in [5.74, 6) is 0.313. The topological polar surface area (TPSA) is 62.4 Å². The first-order valence-electron chi connectivity index (χ1n) is 5.06. The van der Waals surface area contributed by atoms with Crippen molar-refractivity contribution in [3.8, 4) is 0 Å². The minimum absolute atomic E-state index is 0. The molecule has 0 bridgehead atoms. The van der Waals surface area contributed by atoms with Crippen molar-refractivity contribution in [1.82, 2.24) is 16.0 Å². The van der Waals surface area contributed by atoms with Gasteiger partial charge in [0.1, 0.15) is 0 Å². The van der Waals surface area contributed by atoms with E-state index in [0.29, 0.717) is 0 Å². The van der Waals surface area contributed by atoms with Gasteiger partial charge in [-0.25, -0.2) is 0 Å². The van der Waals surface area contributed by atoms with Crippen molar-refractivity contribution < 1.29 is 9.53 Å². The molecule has 0 spiro atoms. The van der Waals surface area contributed by atoms with E-state index >= 15 is 0 Å². The van der Waals surface area contributed by atoms with Gasteiger partial charge in [0, 0.05) is 33.3 Å². The van der Waals surface area contributed by atoms with Gasteiger partial charge in [0.2, 0.25) is 5.91 Å². The molecule has 1 amide bonds. The highest BCUT2D eigenvalue weighted by Crippen LogP contribution is 2.07. The molecule has 2 atom stereocenters. The molecule has 2 aliphatic rings. The van der Waals surface area contributed by atoms with Crippen LogP contribution in [0.1, 0.15) is 0 Å². The summed E-state index contributed by atoms with van der Waals surface area (Å²) in [6.07, 6.45) is 0.118. The van der Waals surface area contributed by atoms with Crippen LogP contribution in [-0.2, 0) is 9.53 Å². The molecule has 0 aromatic heterocycles. The Hall–Kier alpha value is -0.360. The van der Waals surface area contributed by atoms with Crippen molar-refractivity contribution in [3.63, 3.8) is 0 Å². The van der Waals surface area contributed by atoms with Crippen molar-refractivity contribution in [3.05, 3.63) is 0 Å². The minimum Gasteiger partial charge on any atom is -0.378 e. The summed E-state index contributed by atoms with van der Waals surface area (Å²) < 4.78 is 5.26. The van der Waals surface area contributed by atoms with Crippen LogP contribution >= 0.6 is 12.4 Å². The van der Waals surface area contributed by atoms with Gasteiger partial charge in [0.05, 0.1) is 18.1 Å². The molecular formula is C9H18ClN3O2. The normalized spacial score (nSPS) is 30.5. The summed E-state index contributed by atoms with van der Waals surface area (Å²) in [7, 11) is 1.68. The fourth-order valence-corrected chi connectivity index (χ4v) is 1.82. The number of nitrogens with one attached hydrogen (secondary N) is 3. The van der Waals surface area contributed by atoms with Gasteiger partial charge in [-0.15, -0.1) is 12.4 Å². The van der Waals surface area contributed by atoms with E-state index in [1.165, 1.54) is 0 Å². The van der Waals surface area contributed by atoms with Gasteiger partial charge in [0.15, 0.2) is 0 Å². The number of hydrogen-bond acceptors (Lipinski definition) is 4. The number of rotatable bonds is 3. The highest BCUT2D eigenvalue weighted by Gasteiger charge is 2.32. The quantitative estimate of drug-likeness (QED) is 0.571. The van der Waals surface area contributed by atoms with Gasteiger partial charge < -0.3 is 20.7 Å². The van der Waals surface area contributed by atoms with E-state index in [1.54, 1.807) is 7.11 Å². The maximum atomic E-state index is 11.6. The highest BCUT2D eigenvalue weighted by atomic mass is 35.5. The van der Waals surface area contributed by atoms with E-state index in [-0.39, 0.29) is 36.4 Å². The van der Waals surface area contributed by atoms with Crippen LogP contribution < -0.4 is 16.0 Å². The molecule has 2 rings (SSSR count). The second-order valence-electron chi connectivity index (χ2n) is 3.90. The summed E-state index contributed by atoms with van der Waals surface area (Å²) in [6, 6.07) is 0.132. The van der Waals surface area contributed by atoms with Crippen molar-refractivity contribution >= 4 is 18.3 Å². The molecule has 2 fully saturated rings. The molecule has 88 valence electrons. The van der Waals surface area contributed by atoms with Gasteiger partial charge in [-0.05, 0) is 0 Å². The molecule has 2 heterocycles. The van der Waals surface area contributed by atoms with E-state index < -0.39 is 0 Å². The zero-order valence-electron chi connectivity index (χ0n) is 8.79. The predicted octanol–water partition coefficient (Wildman–Crippen LogP) is -1.27. The lowest BCUT2D eigenvalue weighted by Gasteiger charge is -2.28. The van der Waals surface area contributed by atoms with Gasteiger partial charge in [-0.1, -0.05) is 0 Å². The average Bonchev–Trinajstić information content (AvgIpc) is 2.48. The predicted molar refractivity (Wildman–Crippen MR) is 59.2 cm³/mol. The van der Waals surface area contributed by atoms with Crippen LogP contribution in [0, 0.1) is 5.92 Å². The van der Waals surface area contributed by atoms with Crippen LogP contribution in [0.4, 0.5) is 0 Å². The Kier molecular flexibility index (Phi) is 4.79. The first-order valence-corrected chi connectivity index (χ1v) is 5.06. The second-order valence-corrected chi connectivity index (χ2v) is 3.90. The van der Waals surface area contributed by atoms with Gasteiger partial charge >= 0.3 is 0 Å². The number of amides is 1. The van der Waals surface area contributed by atoms with Crippen molar-refractivity contribution in [1.29, 1.82) is 0 Å². The van der Waals surface area contributed by atoms with Crippen molar-refractivity contribution in [2.75, 3.05) is 33.3 Å². The Morgan fingerprint density at radius 2 is 1.93 bits per heavy atom. The number of carbonyl (C=O) groups is 1. The van der Waals surface area contributed by atoms with Crippen LogP contribution in [0.2, 0.25) is 0 Å². The van der Waals surface area contributed by atoms with Crippen LogP contribution in [0.3, 0.4) is 0 Å². The fraction of sp³-hybridized carbons (Fsp3) is 0.889. The molecule has 3 N–H and O–H groups in total. The number of halogens is 1. The molecule has 5 nitrogen and oxygen atoms in total. The van der Waals surface area contributed by atoms with E-state index in [9.17, 15) is 4.79 Å². The van der Waals surface area contributed by atoms with Crippen LogP contribution in [0.15, 0.2) is 0 Å². The Labute approximate surface area is 95.7 Å². The van der Waals surface area contributed by atoms with Crippen LogP contribution in [-0.4, -0.2) is 51.3 Å². The lowest BCUT2D eigenvalue weighted by molar-refractivity contribution is -0.127. The largest absolute Gasteiger partial charge is 0.378 e. The third-order valence-electron chi connectivity index (χ3n) is 2.94. The Morgan fingerprint density at radius 3 is 2.47 bits per heavy atom. The third-order valence-corrected chi connectivity index (χ3v) is 2.94. The summed E-state index contributed by atoms with van der Waals surface area (Å²) in [5, 5.41) is 9.30. The van der Waals surface area contributed by atoms with Gasteiger partial charge in [-0.2, -0.15) is 0 Å². The Balaban J connectivity index is 0.00000112. The summed E-state index contributed by atoms with van der Waals surface area (Å²) >= 11 is 0. The monoisotopic (exact) mass is 235 g/mol. The molecule has 0 radical (unpaired) electrons. The molecule has 2 aliphatic heterocycles. The van der Waals surface area contributed by atoms with Gasteiger partial charge in [-0.3, -0.25) is 4.79 Å². The standard InChI is InChI=1S/C9H17N3O2.ClH/c1-14-8-5-11-4-7(8)12-9(13)6-2-10-3-6;/h6-8,10-11H,2-5H2,1H3,(H,12,13);1H/t7?,8-;/m0./s1. The van der Waals surface area contributed by atoms with E-state index in [4.69, 9.17) is 4.74 Å². The summed E-state index contributed by atoms with van der Waals surface area (Å²) in [5.41, 5.74) is 0. The molecule has 0 aromatic rings. The lowest BCUT2D eigenvalue weighted by Crippen LogP contribution is -2.54. The highest BCUT2D eigenvalue weighted by molar-refractivity contribution is 5.85. The second kappa shape index (κ2) is 5.65. The number of methoxy groups -OCH3 is 1. The molecule has 2 saturated heterocycles. The molecule has 0 aromatic carbocycles.